The number of aromatic amines is 1. The molecule has 0 radical (unpaired) electrons. The van der Waals surface area contributed by atoms with Crippen LogP contribution in [0.15, 0.2) is 28.4 Å². The van der Waals surface area contributed by atoms with E-state index in [1.807, 2.05) is 19.1 Å². The predicted molar refractivity (Wildman–Crippen MR) is 58.8 cm³/mol. The van der Waals surface area contributed by atoms with Crippen LogP contribution in [0.4, 0.5) is 0 Å². The van der Waals surface area contributed by atoms with Crippen LogP contribution in [0.5, 0.6) is 0 Å². The lowest BCUT2D eigenvalue weighted by Crippen LogP contribution is -1.85. The first-order valence-corrected chi connectivity index (χ1v) is 5.59. The predicted octanol–water partition coefficient (Wildman–Crippen LogP) is 1.78. The zero-order valence-electron chi connectivity index (χ0n) is 8.64. The molecule has 2 aromatic rings. The highest BCUT2D eigenvalue weighted by atomic mass is 32.2. The van der Waals surface area contributed by atoms with Gasteiger partial charge in [0.05, 0.1) is 0 Å². The van der Waals surface area contributed by atoms with Crippen LogP contribution >= 0.6 is 11.8 Å². The zero-order chi connectivity index (χ0) is 11.4. The minimum Gasteiger partial charge on any atom is -0.262 e. The second kappa shape index (κ2) is 4.77. The van der Waals surface area contributed by atoms with Gasteiger partial charge in [-0.1, -0.05) is 13.0 Å². The zero-order valence-corrected chi connectivity index (χ0v) is 9.45. The SMILES string of the molecule is CCc1nc(Sc2cccc(C#N)n2)n[nH]1. The second-order valence-electron chi connectivity index (χ2n) is 2.99. The van der Waals surface area contributed by atoms with Gasteiger partial charge in [0.15, 0.2) is 0 Å². The second-order valence-corrected chi connectivity index (χ2v) is 3.98. The van der Waals surface area contributed by atoms with Crippen molar-refractivity contribution >= 4 is 11.8 Å². The molecule has 80 valence electrons. The van der Waals surface area contributed by atoms with E-state index in [0.29, 0.717) is 10.9 Å². The monoisotopic (exact) mass is 231 g/mol. The highest BCUT2D eigenvalue weighted by molar-refractivity contribution is 7.99. The molecule has 5 nitrogen and oxygen atoms in total. The number of nitrogens with one attached hydrogen (secondary N) is 1. The van der Waals surface area contributed by atoms with E-state index in [2.05, 4.69) is 20.2 Å². The molecule has 0 saturated heterocycles. The quantitative estimate of drug-likeness (QED) is 0.871. The normalized spacial score (nSPS) is 10.0. The van der Waals surface area contributed by atoms with Gasteiger partial charge in [0, 0.05) is 6.42 Å². The Labute approximate surface area is 96.9 Å². The summed E-state index contributed by atoms with van der Waals surface area (Å²) in [5, 5.41) is 16.9. The van der Waals surface area contributed by atoms with Gasteiger partial charge < -0.3 is 0 Å². The highest BCUT2D eigenvalue weighted by Gasteiger charge is 2.05. The third-order valence-corrected chi connectivity index (χ3v) is 2.68. The molecule has 1 N–H and O–H groups in total. The van der Waals surface area contributed by atoms with E-state index in [0.717, 1.165) is 17.3 Å². The van der Waals surface area contributed by atoms with Crippen LogP contribution in [-0.4, -0.2) is 20.2 Å². The Balaban J connectivity index is 2.17. The Morgan fingerprint density at radius 2 is 2.31 bits per heavy atom. The van der Waals surface area contributed by atoms with Crippen molar-refractivity contribution in [1.29, 1.82) is 5.26 Å². The summed E-state index contributed by atoms with van der Waals surface area (Å²) in [5.41, 5.74) is 0.399. The topological polar surface area (TPSA) is 78.2 Å². The van der Waals surface area contributed by atoms with Gasteiger partial charge in [0.1, 0.15) is 22.6 Å². The molecular formula is C10H9N5S. The largest absolute Gasteiger partial charge is 0.262 e. The Kier molecular flexibility index (Phi) is 3.17. The number of nitriles is 1. The first-order chi connectivity index (χ1) is 7.81. The summed E-state index contributed by atoms with van der Waals surface area (Å²) in [5.74, 6) is 0.846. The van der Waals surface area contributed by atoms with Crippen molar-refractivity contribution in [3.63, 3.8) is 0 Å². The molecule has 16 heavy (non-hydrogen) atoms. The number of H-pyrrole nitrogens is 1. The number of aryl methyl sites for hydroxylation is 1. The van der Waals surface area contributed by atoms with Crippen molar-refractivity contribution in [2.24, 2.45) is 0 Å². The number of aromatic nitrogens is 4. The van der Waals surface area contributed by atoms with E-state index in [9.17, 15) is 0 Å². The molecule has 0 spiro atoms. The molecule has 0 fully saturated rings. The summed E-state index contributed by atoms with van der Waals surface area (Å²) in [6.07, 6.45) is 0.819. The maximum Gasteiger partial charge on any atom is 0.214 e. The summed E-state index contributed by atoms with van der Waals surface area (Å²) in [7, 11) is 0. The van der Waals surface area contributed by atoms with Crippen LogP contribution < -0.4 is 0 Å². The van der Waals surface area contributed by atoms with E-state index < -0.39 is 0 Å². The molecule has 0 unspecified atom stereocenters. The number of hydrogen-bond donors (Lipinski definition) is 1. The lowest BCUT2D eigenvalue weighted by molar-refractivity contribution is 0.940. The van der Waals surface area contributed by atoms with Gasteiger partial charge in [-0.15, -0.1) is 5.10 Å². The molecule has 0 aliphatic rings. The van der Waals surface area contributed by atoms with Crippen LogP contribution in [0.2, 0.25) is 0 Å². The third-order valence-electron chi connectivity index (χ3n) is 1.88. The van der Waals surface area contributed by atoms with Crippen molar-refractivity contribution in [2.45, 2.75) is 23.5 Å². The summed E-state index contributed by atoms with van der Waals surface area (Å²) in [6.45, 7) is 2.00. The number of rotatable bonds is 3. The fourth-order valence-electron chi connectivity index (χ4n) is 1.11. The highest BCUT2D eigenvalue weighted by Crippen LogP contribution is 2.22. The van der Waals surface area contributed by atoms with E-state index >= 15 is 0 Å². The summed E-state index contributed by atoms with van der Waals surface area (Å²) < 4.78 is 0. The molecule has 0 amide bonds. The van der Waals surface area contributed by atoms with Crippen molar-refractivity contribution < 1.29 is 0 Å². The minimum atomic E-state index is 0.399. The fourth-order valence-corrected chi connectivity index (χ4v) is 1.83. The molecule has 0 bridgehead atoms. The van der Waals surface area contributed by atoms with Crippen molar-refractivity contribution in [1.82, 2.24) is 20.2 Å². The van der Waals surface area contributed by atoms with E-state index in [1.165, 1.54) is 11.8 Å². The molecule has 6 heteroatoms. The van der Waals surface area contributed by atoms with E-state index in [-0.39, 0.29) is 0 Å². The van der Waals surface area contributed by atoms with Crippen molar-refractivity contribution in [3.05, 3.63) is 29.7 Å². The van der Waals surface area contributed by atoms with E-state index in [1.54, 1.807) is 12.1 Å². The van der Waals surface area contributed by atoms with Gasteiger partial charge in [-0.25, -0.2) is 9.97 Å². The Morgan fingerprint density at radius 3 is 3.00 bits per heavy atom. The maximum absolute atomic E-state index is 8.71. The smallest absolute Gasteiger partial charge is 0.214 e. The third kappa shape index (κ3) is 2.38. The first-order valence-electron chi connectivity index (χ1n) is 4.78. The van der Waals surface area contributed by atoms with Gasteiger partial charge in [0.2, 0.25) is 5.16 Å². The van der Waals surface area contributed by atoms with Crippen molar-refractivity contribution in [3.8, 4) is 6.07 Å². The molecule has 0 atom stereocenters. The summed E-state index contributed by atoms with van der Waals surface area (Å²) >= 11 is 1.34. The molecule has 0 aromatic carbocycles. The van der Waals surface area contributed by atoms with Crippen LogP contribution in [0.25, 0.3) is 0 Å². The van der Waals surface area contributed by atoms with Crippen LogP contribution in [0, 0.1) is 11.3 Å². The first kappa shape index (κ1) is 10.6. The number of nitrogens with zero attached hydrogens (tertiary/aromatic N) is 4. The Hall–Kier alpha value is -1.87. The van der Waals surface area contributed by atoms with Crippen LogP contribution in [-0.2, 0) is 6.42 Å². The molecule has 0 aliphatic carbocycles. The average Bonchev–Trinajstić information content (AvgIpc) is 2.77. The Morgan fingerprint density at radius 1 is 1.44 bits per heavy atom. The van der Waals surface area contributed by atoms with Gasteiger partial charge in [-0.3, -0.25) is 5.10 Å². The average molecular weight is 231 g/mol. The van der Waals surface area contributed by atoms with Crippen LogP contribution in [0.3, 0.4) is 0 Å². The molecule has 0 saturated carbocycles. The summed E-state index contributed by atoms with van der Waals surface area (Å²) in [6, 6.07) is 7.28. The maximum atomic E-state index is 8.71. The minimum absolute atomic E-state index is 0.399. The van der Waals surface area contributed by atoms with Gasteiger partial charge in [-0.05, 0) is 23.9 Å². The standard InChI is InChI=1S/C10H9N5S/c1-2-8-13-10(15-14-8)16-9-5-3-4-7(6-11)12-9/h3-5H,2H2,1H3,(H,13,14,15). The molecule has 2 heterocycles. The van der Waals surface area contributed by atoms with Gasteiger partial charge >= 0.3 is 0 Å². The lowest BCUT2D eigenvalue weighted by atomic mass is 10.4. The Bertz CT molecular complexity index is 528. The number of hydrogen-bond acceptors (Lipinski definition) is 5. The van der Waals surface area contributed by atoms with E-state index in [4.69, 9.17) is 5.26 Å². The van der Waals surface area contributed by atoms with Crippen LogP contribution in [0.1, 0.15) is 18.4 Å². The molecule has 2 rings (SSSR count). The molecule has 2 aromatic heterocycles. The van der Waals surface area contributed by atoms with Crippen molar-refractivity contribution in [2.75, 3.05) is 0 Å². The molecule has 0 aliphatic heterocycles. The summed E-state index contributed by atoms with van der Waals surface area (Å²) in [4.78, 5) is 8.38. The number of pyridine rings is 1. The van der Waals surface area contributed by atoms with Gasteiger partial charge in [-0.2, -0.15) is 5.26 Å². The molecular weight excluding hydrogens is 222 g/mol. The lowest BCUT2D eigenvalue weighted by Gasteiger charge is -1.95. The van der Waals surface area contributed by atoms with Gasteiger partial charge in [0.25, 0.3) is 0 Å². The fraction of sp³-hybridized carbons (Fsp3) is 0.200.